The molecule has 1 unspecified atom stereocenters. The van der Waals surface area contributed by atoms with Gasteiger partial charge in [-0.05, 0) is 23.3 Å². The molecule has 0 spiro atoms. The maximum Gasteiger partial charge on any atom is 0.334 e. The second-order valence-electron chi connectivity index (χ2n) is 7.29. The highest BCUT2D eigenvalue weighted by Crippen LogP contribution is 2.46. The molecule has 7 nitrogen and oxygen atoms in total. The molecule has 2 aromatic carbocycles. The Balaban J connectivity index is 1.33. The van der Waals surface area contributed by atoms with Crippen LogP contribution in [0.25, 0.3) is 0 Å². The van der Waals surface area contributed by atoms with Gasteiger partial charge in [-0.3, -0.25) is 9.59 Å². The molecule has 0 saturated carbocycles. The van der Waals surface area contributed by atoms with Gasteiger partial charge in [0, 0.05) is 4.91 Å². The number of nitrogens with zero attached hydrogens (tertiary/aromatic N) is 1. The van der Waals surface area contributed by atoms with E-state index in [2.05, 4.69) is 11.9 Å². The smallest absolute Gasteiger partial charge is 0.334 e. The van der Waals surface area contributed by atoms with Gasteiger partial charge in [0.05, 0.1) is 13.5 Å². The van der Waals surface area contributed by atoms with E-state index in [1.165, 1.54) is 16.7 Å². The normalized spacial score (nSPS) is 21.8. The molecule has 4 rings (SSSR count). The van der Waals surface area contributed by atoms with E-state index < -0.39 is 18.1 Å². The molecule has 0 aromatic heterocycles. The van der Waals surface area contributed by atoms with Crippen LogP contribution in [0.2, 0.25) is 0 Å². The summed E-state index contributed by atoms with van der Waals surface area (Å²) in [7, 11) is 1.58. The first-order chi connectivity index (χ1) is 15.0. The second-order valence-corrected chi connectivity index (χ2v) is 8.53. The zero-order valence-electron chi connectivity index (χ0n) is 16.9. The van der Waals surface area contributed by atoms with Crippen molar-refractivity contribution in [2.75, 3.05) is 7.11 Å². The standard InChI is InChI=1S/C23H22N2O5S/c1-14-20(23(28)30-13-16-8-10-17(29-2)11-9-16)25-21(27)19(22(25)31-14)24-18(26)12-15-6-4-3-5-7-15/h3-11,19-20,22H,1,12-13H2,2H3,(H,24,26)/t19-,20-,22?/m1/s1. The van der Waals surface area contributed by atoms with Crippen molar-refractivity contribution in [2.45, 2.75) is 30.5 Å². The Morgan fingerprint density at radius 3 is 2.48 bits per heavy atom. The molecule has 2 amide bonds. The number of carbonyl (C=O) groups is 3. The van der Waals surface area contributed by atoms with Gasteiger partial charge in [-0.1, -0.05) is 49.0 Å². The predicted octanol–water partition coefficient (Wildman–Crippen LogP) is 2.26. The summed E-state index contributed by atoms with van der Waals surface area (Å²) in [6, 6.07) is 15.0. The SMILES string of the molecule is C=C1SC2[C@H](NC(=O)Cc3ccccc3)C(=O)N2[C@H]1C(=O)OCc1ccc(OC)cc1. The van der Waals surface area contributed by atoms with Crippen molar-refractivity contribution in [3.63, 3.8) is 0 Å². The third-order valence-corrected chi connectivity index (χ3v) is 6.49. The monoisotopic (exact) mass is 438 g/mol. The number of fused-ring (bicyclic) bond motifs is 1. The molecule has 2 heterocycles. The summed E-state index contributed by atoms with van der Waals surface area (Å²) in [5, 5.41) is 2.43. The first kappa shape index (κ1) is 21.0. The van der Waals surface area contributed by atoms with Crippen LogP contribution in [0, 0.1) is 0 Å². The average Bonchev–Trinajstić information content (AvgIpc) is 3.10. The molecule has 2 aliphatic heterocycles. The van der Waals surface area contributed by atoms with Crippen molar-refractivity contribution >= 4 is 29.5 Å². The molecule has 2 saturated heterocycles. The molecular formula is C23H22N2O5S. The Hall–Kier alpha value is -3.26. The van der Waals surface area contributed by atoms with Crippen LogP contribution in [0.15, 0.2) is 66.1 Å². The number of methoxy groups -OCH3 is 1. The Morgan fingerprint density at radius 2 is 1.81 bits per heavy atom. The molecule has 2 aliphatic rings. The van der Waals surface area contributed by atoms with Crippen LogP contribution in [0.4, 0.5) is 0 Å². The molecule has 31 heavy (non-hydrogen) atoms. The van der Waals surface area contributed by atoms with Gasteiger partial charge in [0.15, 0.2) is 6.04 Å². The van der Waals surface area contributed by atoms with Crippen molar-refractivity contribution in [1.29, 1.82) is 0 Å². The van der Waals surface area contributed by atoms with Gasteiger partial charge in [0.25, 0.3) is 0 Å². The van der Waals surface area contributed by atoms with Crippen molar-refractivity contribution < 1.29 is 23.9 Å². The molecule has 8 heteroatoms. The summed E-state index contributed by atoms with van der Waals surface area (Å²) < 4.78 is 10.5. The van der Waals surface area contributed by atoms with Crippen LogP contribution in [-0.4, -0.2) is 47.3 Å². The zero-order chi connectivity index (χ0) is 22.0. The number of hydrogen-bond acceptors (Lipinski definition) is 6. The van der Waals surface area contributed by atoms with Crippen molar-refractivity contribution in [1.82, 2.24) is 10.2 Å². The number of β-lactam (4-membered cyclic amide) rings is 1. The van der Waals surface area contributed by atoms with Crippen LogP contribution in [0.1, 0.15) is 11.1 Å². The molecule has 0 bridgehead atoms. The highest BCUT2D eigenvalue weighted by molar-refractivity contribution is 8.04. The van der Waals surface area contributed by atoms with E-state index >= 15 is 0 Å². The third-order valence-electron chi connectivity index (χ3n) is 5.22. The van der Waals surface area contributed by atoms with Gasteiger partial charge in [0.2, 0.25) is 11.8 Å². The minimum Gasteiger partial charge on any atom is -0.497 e. The number of esters is 1. The lowest BCUT2D eigenvalue weighted by atomic mass is 10.0. The number of nitrogens with one attached hydrogen (secondary N) is 1. The van der Waals surface area contributed by atoms with Gasteiger partial charge >= 0.3 is 5.97 Å². The van der Waals surface area contributed by atoms with E-state index in [-0.39, 0.29) is 30.2 Å². The van der Waals surface area contributed by atoms with Crippen LogP contribution in [0.3, 0.4) is 0 Å². The Morgan fingerprint density at radius 1 is 1.10 bits per heavy atom. The molecule has 2 aromatic rings. The van der Waals surface area contributed by atoms with E-state index in [1.807, 2.05) is 30.3 Å². The third kappa shape index (κ3) is 4.29. The number of ether oxygens (including phenoxy) is 2. The van der Waals surface area contributed by atoms with E-state index in [4.69, 9.17) is 9.47 Å². The highest BCUT2D eigenvalue weighted by Gasteiger charge is 2.59. The first-order valence-corrected chi connectivity index (χ1v) is 10.7. The van der Waals surface area contributed by atoms with E-state index in [9.17, 15) is 14.4 Å². The van der Waals surface area contributed by atoms with Gasteiger partial charge in [-0.25, -0.2) is 4.79 Å². The van der Waals surface area contributed by atoms with Crippen molar-refractivity contribution in [2.24, 2.45) is 0 Å². The number of benzene rings is 2. The molecule has 1 N–H and O–H groups in total. The average molecular weight is 439 g/mol. The first-order valence-electron chi connectivity index (χ1n) is 9.78. The summed E-state index contributed by atoms with van der Waals surface area (Å²) in [4.78, 5) is 39.6. The van der Waals surface area contributed by atoms with Gasteiger partial charge in [0.1, 0.15) is 23.8 Å². The topological polar surface area (TPSA) is 84.9 Å². The van der Waals surface area contributed by atoms with Crippen LogP contribution < -0.4 is 10.1 Å². The number of hydrogen-bond donors (Lipinski definition) is 1. The summed E-state index contributed by atoms with van der Waals surface area (Å²) in [6.45, 7) is 4.01. The molecule has 160 valence electrons. The number of thioether (sulfide) groups is 1. The lowest BCUT2D eigenvalue weighted by molar-refractivity contribution is -0.162. The summed E-state index contributed by atoms with van der Waals surface area (Å²) in [5.74, 6) is -0.354. The van der Waals surface area contributed by atoms with Crippen LogP contribution in [0.5, 0.6) is 5.75 Å². The fraction of sp³-hybridized carbons (Fsp3) is 0.261. The largest absolute Gasteiger partial charge is 0.497 e. The fourth-order valence-corrected chi connectivity index (χ4v) is 4.91. The Labute approximate surface area is 184 Å². The number of carbonyl (C=O) groups excluding carboxylic acids is 3. The zero-order valence-corrected chi connectivity index (χ0v) is 17.8. The van der Waals surface area contributed by atoms with Crippen molar-refractivity contribution in [3.05, 3.63) is 77.2 Å². The number of amides is 2. The van der Waals surface area contributed by atoms with E-state index in [0.717, 1.165) is 11.1 Å². The minimum atomic E-state index is -0.844. The summed E-state index contributed by atoms with van der Waals surface area (Å²) in [6.07, 6.45) is 0.191. The summed E-state index contributed by atoms with van der Waals surface area (Å²) in [5.41, 5.74) is 1.68. The fourth-order valence-electron chi connectivity index (χ4n) is 3.60. The lowest BCUT2D eigenvalue weighted by Crippen LogP contribution is -2.70. The number of rotatable bonds is 7. The highest BCUT2D eigenvalue weighted by atomic mass is 32.2. The second kappa shape index (κ2) is 8.85. The lowest BCUT2D eigenvalue weighted by Gasteiger charge is -2.43. The molecule has 0 aliphatic carbocycles. The molecule has 2 fully saturated rings. The predicted molar refractivity (Wildman–Crippen MR) is 116 cm³/mol. The van der Waals surface area contributed by atoms with Crippen molar-refractivity contribution in [3.8, 4) is 5.75 Å². The van der Waals surface area contributed by atoms with Crippen LogP contribution >= 0.6 is 11.8 Å². The minimum absolute atomic E-state index is 0.0845. The van der Waals surface area contributed by atoms with Gasteiger partial charge in [-0.15, -0.1) is 11.8 Å². The van der Waals surface area contributed by atoms with E-state index in [1.54, 1.807) is 31.4 Å². The molecule has 3 atom stereocenters. The maximum atomic E-state index is 12.7. The van der Waals surface area contributed by atoms with E-state index in [0.29, 0.717) is 10.7 Å². The Kier molecular flexibility index (Phi) is 5.99. The van der Waals surface area contributed by atoms with Gasteiger partial charge < -0.3 is 19.7 Å². The van der Waals surface area contributed by atoms with Crippen LogP contribution in [-0.2, 0) is 32.1 Å². The quantitative estimate of drug-likeness (QED) is 0.527. The summed E-state index contributed by atoms with van der Waals surface area (Å²) >= 11 is 1.32. The molecule has 0 radical (unpaired) electrons. The van der Waals surface area contributed by atoms with Gasteiger partial charge in [-0.2, -0.15) is 0 Å². The molecular weight excluding hydrogens is 416 g/mol. The Bertz CT molecular complexity index is 1010. The maximum absolute atomic E-state index is 12.7.